The van der Waals surface area contributed by atoms with Crippen LogP contribution in [0.2, 0.25) is 0 Å². The molecule has 0 bridgehead atoms. The molecule has 1 saturated heterocycles. The van der Waals surface area contributed by atoms with Gasteiger partial charge in [0.25, 0.3) is 0 Å². The van der Waals surface area contributed by atoms with E-state index in [0.717, 1.165) is 10.2 Å². The van der Waals surface area contributed by atoms with Gasteiger partial charge in [0, 0.05) is 17.6 Å². The van der Waals surface area contributed by atoms with Crippen LogP contribution in [0.4, 0.5) is 13.2 Å². The van der Waals surface area contributed by atoms with E-state index in [1.54, 1.807) is 6.92 Å². The lowest BCUT2D eigenvalue weighted by molar-refractivity contribution is -0.268. The normalized spacial score (nSPS) is 19.6. The van der Waals surface area contributed by atoms with E-state index in [1.165, 1.54) is 21.6 Å². The largest absolute Gasteiger partial charge is 0.424 e. The zero-order valence-corrected chi connectivity index (χ0v) is 17.1. The first kappa shape index (κ1) is 20.2. The lowest BCUT2D eigenvalue weighted by Crippen LogP contribution is -2.47. The molecule has 5 nitrogen and oxygen atoms in total. The number of likely N-dealkylation sites (tertiary alicyclic amines) is 1. The summed E-state index contributed by atoms with van der Waals surface area (Å²) in [6, 6.07) is 7.16. The highest BCUT2D eigenvalue weighted by atomic mass is 32.1. The number of hydrogen-bond acceptors (Lipinski definition) is 6. The Morgan fingerprint density at radius 1 is 1.31 bits per heavy atom. The maximum Gasteiger partial charge on any atom is 0.424 e. The van der Waals surface area contributed by atoms with Crippen LogP contribution in [-0.4, -0.2) is 38.6 Å². The van der Waals surface area contributed by atoms with Crippen molar-refractivity contribution in [3.8, 4) is 0 Å². The van der Waals surface area contributed by atoms with Crippen molar-refractivity contribution < 1.29 is 23.1 Å². The highest BCUT2D eigenvalue weighted by molar-refractivity contribution is 7.18. The molecule has 0 unspecified atom stereocenters. The number of amides is 1. The average Bonchev–Trinajstić information content (AvgIpc) is 3.38. The fourth-order valence-electron chi connectivity index (χ4n) is 3.52. The smallest absolute Gasteiger partial charge is 0.374 e. The van der Waals surface area contributed by atoms with E-state index in [-0.39, 0.29) is 6.04 Å². The van der Waals surface area contributed by atoms with E-state index in [2.05, 4.69) is 9.97 Å². The third-order valence-corrected chi connectivity index (χ3v) is 7.27. The molecule has 1 fully saturated rings. The van der Waals surface area contributed by atoms with Crippen molar-refractivity contribution in [2.75, 3.05) is 6.54 Å². The highest BCUT2D eigenvalue weighted by Gasteiger charge is 2.58. The van der Waals surface area contributed by atoms with E-state index in [4.69, 9.17) is 0 Å². The lowest BCUT2D eigenvalue weighted by atomic mass is 9.98. The van der Waals surface area contributed by atoms with E-state index in [1.807, 2.05) is 24.3 Å². The molecule has 3 aromatic rings. The number of hydrogen-bond donors (Lipinski definition) is 1. The molecule has 1 N–H and O–H groups in total. The molecule has 2 atom stereocenters. The van der Waals surface area contributed by atoms with Gasteiger partial charge in [-0.15, -0.1) is 22.7 Å². The number of benzene rings is 1. The number of carbonyl (C=O) groups excluding carboxylic acids is 1. The number of halogens is 3. The van der Waals surface area contributed by atoms with Crippen LogP contribution in [0.3, 0.4) is 0 Å². The van der Waals surface area contributed by atoms with Gasteiger partial charge in [0.15, 0.2) is 0 Å². The number of thiazole rings is 2. The number of fused-ring (bicyclic) bond motifs is 1. The molecule has 1 aliphatic rings. The van der Waals surface area contributed by atoms with Gasteiger partial charge in [-0.3, -0.25) is 4.79 Å². The second-order valence-electron chi connectivity index (χ2n) is 7.09. The molecule has 0 aliphatic carbocycles. The molecular formula is C19H18F3N3O2S2. The van der Waals surface area contributed by atoms with E-state index in [9.17, 15) is 23.1 Å². The number of para-hydroxylation sites is 1. The van der Waals surface area contributed by atoms with Crippen LogP contribution < -0.4 is 0 Å². The summed E-state index contributed by atoms with van der Waals surface area (Å²) in [7, 11) is 0. The molecule has 0 saturated carbocycles. The third kappa shape index (κ3) is 3.64. The first-order valence-electron chi connectivity index (χ1n) is 9.06. The van der Waals surface area contributed by atoms with Gasteiger partial charge in [-0.25, -0.2) is 9.97 Å². The predicted molar refractivity (Wildman–Crippen MR) is 105 cm³/mol. The monoisotopic (exact) mass is 441 g/mol. The molecule has 29 heavy (non-hydrogen) atoms. The van der Waals surface area contributed by atoms with Crippen molar-refractivity contribution in [2.45, 2.75) is 44.0 Å². The molecular weight excluding hydrogens is 423 g/mol. The summed E-state index contributed by atoms with van der Waals surface area (Å²) in [6.45, 7) is 1.88. The van der Waals surface area contributed by atoms with Crippen LogP contribution in [0.5, 0.6) is 0 Å². The summed E-state index contributed by atoms with van der Waals surface area (Å²) in [5.41, 5.74) is -2.13. The van der Waals surface area contributed by atoms with Crippen molar-refractivity contribution >= 4 is 38.8 Å². The molecule has 3 heterocycles. The highest BCUT2D eigenvalue weighted by Crippen LogP contribution is 2.44. The van der Waals surface area contributed by atoms with Gasteiger partial charge < -0.3 is 10.0 Å². The number of carbonyl (C=O) groups is 1. The fourth-order valence-corrected chi connectivity index (χ4v) is 5.55. The van der Waals surface area contributed by atoms with Gasteiger partial charge in [-0.2, -0.15) is 13.2 Å². The van der Waals surface area contributed by atoms with Crippen LogP contribution in [0.15, 0.2) is 29.6 Å². The zero-order valence-electron chi connectivity index (χ0n) is 15.4. The maximum absolute atomic E-state index is 13.7. The Hall–Kier alpha value is -2.04. The zero-order chi connectivity index (χ0) is 20.8. The summed E-state index contributed by atoms with van der Waals surface area (Å²) >= 11 is 2.14. The summed E-state index contributed by atoms with van der Waals surface area (Å²) < 4.78 is 42.2. The summed E-state index contributed by atoms with van der Waals surface area (Å²) in [5.74, 6) is -0.751. The Bertz CT molecular complexity index is 1020. The number of aryl methyl sites for hydroxylation is 1. The Morgan fingerprint density at radius 2 is 2.07 bits per heavy atom. The minimum atomic E-state index is -5.02. The molecule has 1 aromatic carbocycles. The van der Waals surface area contributed by atoms with Crippen molar-refractivity contribution in [3.63, 3.8) is 0 Å². The second kappa shape index (κ2) is 7.33. The number of aromatic nitrogens is 2. The molecule has 0 spiro atoms. The van der Waals surface area contributed by atoms with Crippen LogP contribution >= 0.6 is 22.7 Å². The minimum Gasteiger partial charge on any atom is -0.374 e. The second-order valence-corrected chi connectivity index (χ2v) is 9.01. The summed E-state index contributed by atoms with van der Waals surface area (Å²) in [5, 5.41) is 12.1. The molecule has 4 rings (SSSR count). The quantitative estimate of drug-likeness (QED) is 0.644. The van der Waals surface area contributed by atoms with Crippen LogP contribution in [0, 0.1) is 6.92 Å². The number of alkyl halides is 3. The Labute approximate surface area is 172 Å². The fraction of sp³-hybridized carbons (Fsp3) is 0.421. The molecule has 2 aromatic heterocycles. The van der Waals surface area contributed by atoms with E-state index >= 15 is 0 Å². The predicted octanol–water partition coefficient (Wildman–Crippen LogP) is 4.56. The van der Waals surface area contributed by atoms with Gasteiger partial charge in [0.2, 0.25) is 11.5 Å². The van der Waals surface area contributed by atoms with Crippen LogP contribution in [0.25, 0.3) is 10.2 Å². The number of aliphatic hydroxyl groups is 1. The Morgan fingerprint density at radius 3 is 2.72 bits per heavy atom. The minimum absolute atomic E-state index is 0.338. The lowest BCUT2D eigenvalue weighted by Gasteiger charge is -2.31. The Balaban J connectivity index is 1.62. The molecule has 0 radical (unpaired) electrons. The van der Waals surface area contributed by atoms with E-state index in [0.29, 0.717) is 41.4 Å². The van der Waals surface area contributed by atoms with Gasteiger partial charge in [-0.1, -0.05) is 12.1 Å². The summed E-state index contributed by atoms with van der Waals surface area (Å²) in [6.07, 6.45) is -4.80. The van der Waals surface area contributed by atoms with Crippen molar-refractivity contribution in [2.24, 2.45) is 0 Å². The average molecular weight is 442 g/mol. The SMILES string of the molecule is Cc1csc([C@](O)(CC(=O)N2CCC[C@@H]2c2nc3ccccc3s2)C(F)(F)F)n1. The van der Waals surface area contributed by atoms with Crippen molar-refractivity contribution in [1.29, 1.82) is 0 Å². The molecule has 1 aliphatic heterocycles. The first-order chi connectivity index (χ1) is 13.7. The molecule has 1 amide bonds. The molecule has 10 heteroatoms. The Kier molecular flexibility index (Phi) is 5.12. The first-order valence-corrected chi connectivity index (χ1v) is 10.8. The van der Waals surface area contributed by atoms with E-state index < -0.39 is 29.1 Å². The molecule has 154 valence electrons. The van der Waals surface area contributed by atoms with Gasteiger partial charge in [-0.05, 0) is 31.9 Å². The van der Waals surface area contributed by atoms with Crippen LogP contribution in [0.1, 0.15) is 41.0 Å². The number of rotatable bonds is 4. The maximum atomic E-state index is 13.7. The third-order valence-electron chi connectivity index (χ3n) is 5.02. The van der Waals surface area contributed by atoms with Gasteiger partial charge >= 0.3 is 6.18 Å². The number of nitrogens with zero attached hydrogens (tertiary/aromatic N) is 3. The van der Waals surface area contributed by atoms with Gasteiger partial charge in [0.1, 0.15) is 10.0 Å². The summed E-state index contributed by atoms with van der Waals surface area (Å²) in [4.78, 5) is 22.7. The van der Waals surface area contributed by atoms with Crippen molar-refractivity contribution in [1.82, 2.24) is 14.9 Å². The topological polar surface area (TPSA) is 66.3 Å². The van der Waals surface area contributed by atoms with Crippen molar-refractivity contribution in [3.05, 3.63) is 45.4 Å². The van der Waals surface area contributed by atoms with Gasteiger partial charge in [0.05, 0.1) is 22.7 Å². The standard InChI is InChI=1S/C19H18F3N3O2S2/c1-11-10-28-17(23-11)18(27,19(20,21)22)9-15(26)25-8-4-6-13(25)16-24-12-5-2-3-7-14(12)29-16/h2-3,5,7,10,13,27H,4,6,8-9H2,1H3/t13-,18-/m1/s1. The van der Waals surface area contributed by atoms with Crippen LogP contribution in [-0.2, 0) is 10.4 Å².